The van der Waals surface area contributed by atoms with Crippen LogP contribution in [0.15, 0.2) is 36.7 Å². The number of nitrogens with zero attached hydrogens (tertiary/aromatic N) is 4. The number of anilines is 1. The van der Waals surface area contributed by atoms with Gasteiger partial charge in [-0.2, -0.15) is 0 Å². The van der Waals surface area contributed by atoms with Crippen molar-refractivity contribution in [2.24, 2.45) is 5.41 Å². The summed E-state index contributed by atoms with van der Waals surface area (Å²) in [5.41, 5.74) is 1.06. The van der Waals surface area contributed by atoms with Gasteiger partial charge in [0, 0.05) is 38.2 Å². The van der Waals surface area contributed by atoms with Crippen LogP contribution in [0.2, 0.25) is 0 Å². The molecule has 0 unspecified atom stereocenters. The molecule has 1 atom stereocenters. The van der Waals surface area contributed by atoms with Gasteiger partial charge in [0.2, 0.25) is 11.8 Å². The maximum Gasteiger partial charge on any atom is 0.224 e. The van der Waals surface area contributed by atoms with Crippen LogP contribution in [0.25, 0.3) is 0 Å². The van der Waals surface area contributed by atoms with E-state index in [0.29, 0.717) is 18.8 Å². The van der Waals surface area contributed by atoms with Crippen molar-refractivity contribution in [3.8, 4) is 11.6 Å². The standard InChI is InChI=1S/C22H30N4O2/c1-16-8-6-7-9-18(16)28-20-12-19(23-15-24-20)25-10-11-26(17(2)14-25)21(27)13-22(3,4)5/h6-9,12,15,17H,10-11,13-14H2,1-5H3/t17-/m1/s1. The molecule has 6 nitrogen and oxygen atoms in total. The second-order valence-corrected chi connectivity index (χ2v) is 8.70. The normalized spacial score (nSPS) is 17.5. The number of piperazine rings is 1. The van der Waals surface area contributed by atoms with Crippen molar-refractivity contribution in [1.82, 2.24) is 14.9 Å². The van der Waals surface area contributed by atoms with Crippen molar-refractivity contribution in [2.75, 3.05) is 24.5 Å². The van der Waals surface area contributed by atoms with Gasteiger partial charge in [0.15, 0.2) is 0 Å². The van der Waals surface area contributed by atoms with Crippen LogP contribution in [-0.4, -0.2) is 46.5 Å². The van der Waals surface area contributed by atoms with E-state index in [1.165, 1.54) is 6.33 Å². The van der Waals surface area contributed by atoms with E-state index in [2.05, 4.69) is 42.6 Å². The molecule has 0 spiro atoms. The van der Waals surface area contributed by atoms with Gasteiger partial charge >= 0.3 is 0 Å². The summed E-state index contributed by atoms with van der Waals surface area (Å²) in [7, 11) is 0. The molecule has 150 valence electrons. The second kappa shape index (κ2) is 8.17. The zero-order valence-corrected chi connectivity index (χ0v) is 17.5. The molecule has 0 saturated carbocycles. The predicted octanol–water partition coefficient (Wildman–Crippen LogP) is 4.05. The molecule has 0 aliphatic carbocycles. The lowest BCUT2D eigenvalue weighted by molar-refractivity contribution is -0.135. The molecule has 1 aliphatic heterocycles. The third-order valence-corrected chi connectivity index (χ3v) is 4.89. The van der Waals surface area contributed by atoms with Crippen LogP contribution >= 0.6 is 0 Å². The SMILES string of the molecule is Cc1ccccc1Oc1cc(N2CCN(C(=O)CC(C)(C)C)[C@H](C)C2)ncn1. The molecule has 2 aromatic rings. The minimum absolute atomic E-state index is 0.00238. The Hall–Kier alpha value is -2.63. The molecular weight excluding hydrogens is 352 g/mol. The summed E-state index contributed by atoms with van der Waals surface area (Å²) in [5, 5.41) is 0. The third-order valence-electron chi connectivity index (χ3n) is 4.89. The van der Waals surface area contributed by atoms with Gasteiger partial charge in [0.25, 0.3) is 0 Å². The molecule has 2 heterocycles. The quantitative estimate of drug-likeness (QED) is 0.798. The lowest BCUT2D eigenvalue weighted by Gasteiger charge is -2.41. The summed E-state index contributed by atoms with van der Waals surface area (Å²) in [6.45, 7) is 12.6. The highest BCUT2D eigenvalue weighted by Crippen LogP contribution is 2.27. The number of aryl methyl sites for hydroxylation is 1. The molecule has 0 bridgehead atoms. The molecule has 3 rings (SSSR count). The Balaban J connectivity index is 1.67. The summed E-state index contributed by atoms with van der Waals surface area (Å²) >= 11 is 0. The number of amides is 1. The van der Waals surface area contributed by atoms with Gasteiger partial charge in [-0.05, 0) is 30.9 Å². The Labute approximate surface area is 167 Å². The molecule has 1 aromatic heterocycles. The Bertz CT molecular complexity index is 831. The number of hydrogen-bond donors (Lipinski definition) is 0. The summed E-state index contributed by atoms with van der Waals surface area (Å²) in [5.74, 6) is 2.37. The number of para-hydroxylation sites is 1. The van der Waals surface area contributed by atoms with E-state index in [4.69, 9.17) is 4.74 Å². The van der Waals surface area contributed by atoms with Crippen LogP contribution in [0.3, 0.4) is 0 Å². The largest absolute Gasteiger partial charge is 0.439 e. The number of hydrogen-bond acceptors (Lipinski definition) is 5. The van der Waals surface area contributed by atoms with Gasteiger partial charge in [0.05, 0.1) is 0 Å². The Kier molecular flexibility index (Phi) is 5.87. The van der Waals surface area contributed by atoms with Crippen LogP contribution in [0.5, 0.6) is 11.6 Å². The predicted molar refractivity (Wildman–Crippen MR) is 111 cm³/mol. The molecule has 1 aromatic carbocycles. The van der Waals surface area contributed by atoms with Crippen molar-refractivity contribution < 1.29 is 9.53 Å². The Morgan fingerprint density at radius 3 is 2.64 bits per heavy atom. The molecule has 0 N–H and O–H groups in total. The first-order valence-electron chi connectivity index (χ1n) is 9.83. The number of carbonyl (C=O) groups is 1. The van der Waals surface area contributed by atoms with E-state index in [9.17, 15) is 4.79 Å². The van der Waals surface area contributed by atoms with E-state index in [1.54, 1.807) is 0 Å². The monoisotopic (exact) mass is 382 g/mol. The average Bonchev–Trinajstić information content (AvgIpc) is 2.62. The topological polar surface area (TPSA) is 58.6 Å². The van der Waals surface area contributed by atoms with E-state index in [-0.39, 0.29) is 17.4 Å². The first-order valence-corrected chi connectivity index (χ1v) is 9.83. The third kappa shape index (κ3) is 5.00. The fraction of sp³-hybridized carbons (Fsp3) is 0.500. The highest BCUT2D eigenvalue weighted by atomic mass is 16.5. The van der Waals surface area contributed by atoms with Crippen molar-refractivity contribution in [2.45, 2.75) is 47.1 Å². The van der Waals surface area contributed by atoms with Gasteiger partial charge in [-0.3, -0.25) is 4.79 Å². The molecule has 1 saturated heterocycles. The molecule has 0 radical (unpaired) electrons. The molecule has 28 heavy (non-hydrogen) atoms. The minimum atomic E-state index is 0.00238. The highest BCUT2D eigenvalue weighted by Gasteiger charge is 2.30. The smallest absolute Gasteiger partial charge is 0.224 e. The van der Waals surface area contributed by atoms with Gasteiger partial charge in [-0.1, -0.05) is 39.0 Å². The molecule has 1 aliphatic rings. The Morgan fingerprint density at radius 1 is 1.21 bits per heavy atom. The number of aromatic nitrogens is 2. The van der Waals surface area contributed by atoms with Crippen molar-refractivity contribution in [3.05, 3.63) is 42.2 Å². The van der Waals surface area contributed by atoms with E-state index >= 15 is 0 Å². The fourth-order valence-corrected chi connectivity index (χ4v) is 3.43. The van der Waals surface area contributed by atoms with Crippen molar-refractivity contribution in [3.63, 3.8) is 0 Å². The maximum atomic E-state index is 12.6. The van der Waals surface area contributed by atoms with E-state index in [0.717, 1.165) is 30.2 Å². The number of ether oxygens (including phenoxy) is 1. The van der Waals surface area contributed by atoms with Crippen LogP contribution in [0, 0.1) is 12.3 Å². The lowest BCUT2D eigenvalue weighted by Crippen LogP contribution is -2.54. The second-order valence-electron chi connectivity index (χ2n) is 8.70. The molecule has 6 heteroatoms. The first-order chi connectivity index (χ1) is 13.2. The van der Waals surface area contributed by atoms with Crippen LogP contribution in [-0.2, 0) is 4.79 Å². The van der Waals surface area contributed by atoms with Crippen LogP contribution in [0.4, 0.5) is 5.82 Å². The zero-order chi connectivity index (χ0) is 20.3. The first kappa shape index (κ1) is 20.1. The summed E-state index contributed by atoms with van der Waals surface area (Å²) in [6, 6.07) is 9.87. The van der Waals surface area contributed by atoms with Crippen LogP contribution < -0.4 is 9.64 Å². The number of benzene rings is 1. The van der Waals surface area contributed by atoms with Gasteiger partial charge in [-0.25, -0.2) is 9.97 Å². The molecular formula is C22H30N4O2. The van der Waals surface area contributed by atoms with E-state index < -0.39 is 0 Å². The van der Waals surface area contributed by atoms with Gasteiger partial charge in [0.1, 0.15) is 17.9 Å². The highest BCUT2D eigenvalue weighted by molar-refractivity contribution is 5.77. The zero-order valence-electron chi connectivity index (χ0n) is 17.5. The van der Waals surface area contributed by atoms with Crippen molar-refractivity contribution in [1.29, 1.82) is 0 Å². The summed E-state index contributed by atoms with van der Waals surface area (Å²) < 4.78 is 5.94. The van der Waals surface area contributed by atoms with Crippen LogP contribution in [0.1, 0.15) is 39.7 Å². The lowest BCUT2D eigenvalue weighted by atomic mass is 9.91. The average molecular weight is 383 g/mol. The van der Waals surface area contributed by atoms with Gasteiger partial charge < -0.3 is 14.5 Å². The summed E-state index contributed by atoms with van der Waals surface area (Å²) in [4.78, 5) is 25.5. The van der Waals surface area contributed by atoms with Crippen molar-refractivity contribution >= 4 is 11.7 Å². The van der Waals surface area contributed by atoms with Gasteiger partial charge in [-0.15, -0.1) is 0 Å². The molecule has 1 amide bonds. The molecule has 1 fully saturated rings. The Morgan fingerprint density at radius 2 is 1.96 bits per heavy atom. The summed E-state index contributed by atoms with van der Waals surface area (Å²) in [6.07, 6.45) is 2.10. The fourth-order valence-electron chi connectivity index (χ4n) is 3.43. The maximum absolute atomic E-state index is 12.6. The number of rotatable bonds is 4. The number of carbonyl (C=O) groups excluding carboxylic acids is 1. The minimum Gasteiger partial charge on any atom is -0.439 e. The van der Waals surface area contributed by atoms with E-state index in [1.807, 2.05) is 42.2 Å².